The molecule has 5 rings (SSSR count). The van der Waals surface area contributed by atoms with Crippen LogP contribution >= 0.6 is 0 Å². The first-order valence-corrected chi connectivity index (χ1v) is 9.90. The monoisotopic (exact) mass is 420 g/mol. The van der Waals surface area contributed by atoms with E-state index in [9.17, 15) is 14.0 Å². The number of hydrogen-bond acceptors (Lipinski definition) is 6. The summed E-state index contributed by atoms with van der Waals surface area (Å²) in [6.45, 7) is 1.23. The normalized spacial score (nSPS) is 17.2. The summed E-state index contributed by atoms with van der Waals surface area (Å²) in [5.41, 5.74) is 2.36. The van der Waals surface area contributed by atoms with Gasteiger partial charge in [0.15, 0.2) is 5.82 Å². The summed E-state index contributed by atoms with van der Waals surface area (Å²) in [6, 6.07) is 6.57. The quantitative estimate of drug-likeness (QED) is 0.496. The average molecular weight is 420 g/mol. The Morgan fingerprint density at radius 2 is 2.16 bits per heavy atom. The highest BCUT2D eigenvalue weighted by Crippen LogP contribution is 2.33. The van der Waals surface area contributed by atoms with Gasteiger partial charge in [-0.15, -0.1) is 0 Å². The minimum absolute atomic E-state index is 0.111. The third kappa shape index (κ3) is 3.48. The van der Waals surface area contributed by atoms with E-state index in [-0.39, 0.29) is 18.4 Å². The Morgan fingerprint density at radius 3 is 3.00 bits per heavy atom. The predicted octanol–water partition coefficient (Wildman–Crippen LogP) is 3.48. The topological polar surface area (TPSA) is 99.3 Å². The second kappa shape index (κ2) is 7.75. The molecule has 0 bridgehead atoms. The highest BCUT2D eigenvalue weighted by atomic mass is 19.2. The molecule has 1 fully saturated rings. The molecule has 10 heteroatoms. The zero-order valence-corrected chi connectivity index (χ0v) is 16.4. The van der Waals surface area contributed by atoms with Gasteiger partial charge in [-0.05, 0) is 24.6 Å². The molecule has 1 aliphatic heterocycles. The van der Waals surface area contributed by atoms with Crippen molar-refractivity contribution in [3.8, 4) is 17.3 Å². The van der Waals surface area contributed by atoms with Gasteiger partial charge in [-0.2, -0.15) is 19.7 Å². The molecule has 1 N–H and O–H groups in total. The van der Waals surface area contributed by atoms with Gasteiger partial charge in [0.25, 0.3) is 5.95 Å². The summed E-state index contributed by atoms with van der Waals surface area (Å²) in [6.07, 6.45) is 8.02. The Labute approximate surface area is 176 Å². The number of nitrogens with zero attached hydrogens (tertiary/aromatic N) is 7. The van der Waals surface area contributed by atoms with Crippen LogP contribution in [0.4, 0.5) is 14.6 Å². The minimum Gasteiger partial charge on any atom is -0.356 e. The lowest BCUT2D eigenvalue weighted by Crippen LogP contribution is -2.25. The Morgan fingerprint density at radius 1 is 1.26 bits per heavy atom. The first-order chi connectivity index (χ1) is 15.1. The van der Waals surface area contributed by atoms with Gasteiger partial charge in [-0.25, -0.2) is 14.4 Å². The number of pyridine rings is 1. The molecule has 0 aliphatic carbocycles. The van der Waals surface area contributed by atoms with Gasteiger partial charge in [0, 0.05) is 42.4 Å². The van der Waals surface area contributed by atoms with E-state index in [0.29, 0.717) is 18.9 Å². The van der Waals surface area contributed by atoms with Gasteiger partial charge >= 0.3 is 0 Å². The molecule has 4 aromatic rings. The first-order valence-electron chi connectivity index (χ1n) is 9.90. The van der Waals surface area contributed by atoms with Crippen LogP contribution in [-0.2, 0) is 0 Å². The third-order valence-corrected chi connectivity index (χ3v) is 5.75. The summed E-state index contributed by atoms with van der Waals surface area (Å²) in [5.74, 6) is -1.56. The first kappa shape index (κ1) is 19.1. The number of rotatable bonds is 5. The molecule has 8 nitrogen and oxygen atoms in total. The lowest BCUT2D eigenvalue weighted by Gasteiger charge is -2.23. The molecule has 1 saturated heterocycles. The molecule has 31 heavy (non-hydrogen) atoms. The smallest absolute Gasteiger partial charge is 0.250 e. The number of aromatic amines is 1. The van der Waals surface area contributed by atoms with E-state index >= 15 is 0 Å². The molecular formula is C21H18F2N8. The highest BCUT2D eigenvalue weighted by Gasteiger charge is 2.32. The second-order valence-corrected chi connectivity index (χ2v) is 7.54. The fraction of sp³-hybridized carbons (Fsp3) is 0.286. The maximum Gasteiger partial charge on any atom is 0.250 e. The van der Waals surface area contributed by atoms with Crippen molar-refractivity contribution in [2.75, 3.05) is 18.0 Å². The number of H-pyrrole nitrogens is 1. The maximum atomic E-state index is 13.5. The summed E-state index contributed by atoms with van der Waals surface area (Å²) in [4.78, 5) is 17.3. The van der Waals surface area contributed by atoms with Crippen molar-refractivity contribution in [3.05, 3.63) is 54.9 Å². The van der Waals surface area contributed by atoms with Crippen molar-refractivity contribution in [3.63, 3.8) is 0 Å². The van der Waals surface area contributed by atoms with Crippen molar-refractivity contribution >= 4 is 16.9 Å². The Hall–Kier alpha value is -3.87. The van der Waals surface area contributed by atoms with E-state index < -0.39 is 11.8 Å². The highest BCUT2D eigenvalue weighted by molar-refractivity contribution is 5.89. The van der Waals surface area contributed by atoms with Crippen LogP contribution < -0.4 is 4.90 Å². The van der Waals surface area contributed by atoms with Gasteiger partial charge in [0.05, 0.1) is 30.4 Å². The summed E-state index contributed by atoms with van der Waals surface area (Å²) in [5, 5.41) is 14.8. The summed E-state index contributed by atoms with van der Waals surface area (Å²) >= 11 is 0. The molecule has 5 heterocycles. The fourth-order valence-corrected chi connectivity index (χ4v) is 4.21. The Kier molecular flexibility index (Phi) is 4.78. The van der Waals surface area contributed by atoms with E-state index in [2.05, 4.69) is 31.1 Å². The van der Waals surface area contributed by atoms with Crippen LogP contribution in [0, 0.1) is 29.0 Å². The molecule has 156 valence electrons. The Balaban J connectivity index is 1.40. The van der Waals surface area contributed by atoms with Crippen LogP contribution in [0.3, 0.4) is 0 Å². The molecule has 0 aromatic carbocycles. The lowest BCUT2D eigenvalue weighted by atomic mass is 9.96. The van der Waals surface area contributed by atoms with E-state index in [4.69, 9.17) is 0 Å². The van der Waals surface area contributed by atoms with Crippen molar-refractivity contribution in [2.24, 2.45) is 5.92 Å². The molecule has 0 spiro atoms. The summed E-state index contributed by atoms with van der Waals surface area (Å²) in [7, 11) is 0. The van der Waals surface area contributed by atoms with Gasteiger partial charge in [-0.3, -0.25) is 4.68 Å². The van der Waals surface area contributed by atoms with Crippen LogP contribution in [-0.4, -0.2) is 42.8 Å². The second-order valence-electron chi connectivity index (χ2n) is 7.54. The van der Waals surface area contributed by atoms with Crippen LogP contribution in [0.1, 0.15) is 18.9 Å². The fourth-order valence-electron chi connectivity index (χ4n) is 4.21. The number of hydrogen-bond donors (Lipinski definition) is 1. The van der Waals surface area contributed by atoms with Crippen LogP contribution in [0.15, 0.2) is 43.1 Å². The molecule has 0 saturated carbocycles. The van der Waals surface area contributed by atoms with Gasteiger partial charge in [0.2, 0.25) is 0 Å². The Bertz CT molecular complexity index is 1270. The van der Waals surface area contributed by atoms with Crippen molar-refractivity contribution in [2.45, 2.75) is 18.9 Å². The minimum atomic E-state index is -1.10. The van der Waals surface area contributed by atoms with E-state index in [1.165, 1.54) is 12.4 Å². The number of nitrogens with one attached hydrogen (secondary N) is 1. The van der Waals surface area contributed by atoms with Crippen LogP contribution in [0.2, 0.25) is 0 Å². The maximum absolute atomic E-state index is 13.5. The van der Waals surface area contributed by atoms with E-state index in [1.807, 2.05) is 28.0 Å². The predicted molar refractivity (Wildman–Crippen MR) is 109 cm³/mol. The molecule has 2 unspecified atom stereocenters. The van der Waals surface area contributed by atoms with Crippen molar-refractivity contribution < 1.29 is 8.78 Å². The number of fused-ring (bicyclic) bond motifs is 1. The third-order valence-electron chi connectivity index (χ3n) is 5.75. The van der Waals surface area contributed by atoms with Gasteiger partial charge in [0.1, 0.15) is 17.8 Å². The standard InChI is InChI=1S/C21H18F2N8/c22-16-1-2-18(29-20(16)23)30-8-5-13(10-30)17(3-6-24)31-11-14(9-28-31)19-15-4-7-25-21(15)27-12-26-19/h1-2,4,7,9,11-13,17H,3,5,8,10H2,(H,25,26,27). The number of aromatic nitrogens is 6. The zero-order chi connectivity index (χ0) is 21.4. The zero-order valence-electron chi connectivity index (χ0n) is 16.4. The van der Waals surface area contributed by atoms with E-state index in [0.717, 1.165) is 34.8 Å². The molecule has 2 atom stereocenters. The summed E-state index contributed by atoms with van der Waals surface area (Å²) < 4.78 is 28.6. The number of halogens is 2. The van der Waals surface area contributed by atoms with Gasteiger partial charge in [-0.1, -0.05) is 0 Å². The van der Waals surface area contributed by atoms with Crippen molar-refractivity contribution in [1.29, 1.82) is 5.26 Å². The largest absolute Gasteiger partial charge is 0.356 e. The number of nitriles is 1. The molecule has 0 radical (unpaired) electrons. The average Bonchev–Trinajstić information content (AvgIpc) is 3.53. The molecule has 0 amide bonds. The number of anilines is 1. The molecular weight excluding hydrogens is 402 g/mol. The lowest BCUT2D eigenvalue weighted by molar-refractivity contribution is 0.332. The van der Waals surface area contributed by atoms with E-state index in [1.54, 1.807) is 6.20 Å². The molecule has 4 aromatic heterocycles. The molecule has 1 aliphatic rings. The van der Waals surface area contributed by atoms with Gasteiger partial charge < -0.3 is 9.88 Å². The van der Waals surface area contributed by atoms with Crippen molar-refractivity contribution in [1.82, 2.24) is 29.7 Å². The van der Waals surface area contributed by atoms with Crippen LogP contribution in [0.5, 0.6) is 0 Å². The van der Waals surface area contributed by atoms with Crippen LogP contribution in [0.25, 0.3) is 22.3 Å². The SMILES string of the molecule is N#CCC(C1CCN(c2ccc(F)c(F)n2)C1)n1cc(-c2ncnc3[nH]ccc23)cn1.